The Morgan fingerprint density at radius 3 is 2.76 bits per heavy atom. The zero-order valence-corrected chi connectivity index (χ0v) is 11.1. The molecule has 1 aromatic rings. The second kappa shape index (κ2) is 6.20. The third-order valence-electron chi connectivity index (χ3n) is 2.37. The van der Waals surface area contributed by atoms with Crippen molar-refractivity contribution in [2.45, 2.75) is 13.5 Å². The van der Waals surface area contributed by atoms with Crippen molar-refractivity contribution in [3.63, 3.8) is 0 Å². The molecule has 0 atom stereocenters. The Morgan fingerprint density at radius 1 is 1.47 bits per heavy atom. The van der Waals surface area contributed by atoms with Crippen molar-refractivity contribution >= 4 is 28.9 Å². The summed E-state index contributed by atoms with van der Waals surface area (Å²) in [6, 6.07) is 7.82. The van der Waals surface area contributed by atoms with Gasteiger partial charge >= 0.3 is 0 Å². The summed E-state index contributed by atoms with van der Waals surface area (Å²) in [6.45, 7) is 2.15. The van der Waals surface area contributed by atoms with Crippen LogP contribution in [0.15, 0.2) is 24.3 Å². The molecule has 0 aliphatic heterocycles. The highest BCUT2D eigenvalue weighted by Crippen LogP contribution is 2.12. The van der Waals surface area contributed by atoms with Gasteiger partial charge in [0, 0.05) is 33.3 Å². The molecule has 1 aromatic carbocycles. The maximum atomic E-state index is 11.1. The molecule has 0 radical (unpaired) electrons. The quantitative estimate of drug-likeness (QED) is 0.801. The molecule has 92 valence electrons. The summed E-state index contributed by atoms with van der Waals surface area (Å²) in [7, 11) is 3.55. The molecule has 0 saturated heterocycles. The minimum absolute atomic E-state index is 0.0501. The number of benzene rings is 1. The van der Waals surface area contributed by atoms with Gasteiger partial charge in [-0.1, -0.05) is 12.1 Å². The lowest BCUT2D eigenvalue weighted by atomic mass is 10.2. The van der Waals surface area contributed by atoms with Gasteiger partial charge in [-0.15, -0.1) is 0 Å². The molecule has 2 N–H and O–H groups in total. The van der Waals surface area contributed by atoms with Crippen LogP contribution in [0.25, 0.3) is 0 Å². The summed E-state index contributed by atoms with van der Waals surface area (Å²) >= 11 is 5.02. The molecule has 0 fully saturated rings. The van der Waals surface area contributed by atoms with Crippen LogP contribution in [0.4, 0.5) is 5.69 Å². The fraction of sp³-hybridized carbons (Fsp3) is 0.333. The van der Waals surface area contributed by atoms with Gasteiger partial charge in [0.05, 0.1) is 0 Å². The van der Waals surface area contributed by atoms with Crippen LogP contribution >= 0.6 is 12.2 Å². The molecule has 17 heavy (non-hydrogen) atoms. The van der Waals surface area contributed by atoms with Gasteiger partial charge in [-0.3, -0.25) is 4.79 Å². The van der Waals surface area contributed by atoms with Gasteiger partial charge in [-0.05, 0) is 29.9 Å². The Kier molecular flexibility index (Phi) is 4.90. The van der Waals surface area contributed by atoms with Crippen molar-refractivity contribution in [1.82, 2.24) is 10.2 Å². The predicted octanol–water partition coefficient (Wildman–Crippen LogP) is 1.58. The summed E-state index contributed by atoms with van der Waals surface area (Å²) in [4.78, 5) is 12.8. The molecule has 1 rings (SSSR count). The van der Waals surface area contributed by atoms with Crippen LogP contribution < -0.4 is 10.6 Å². The van der Waals surface area contributed by atoms with E-state index in [0.29, 0.717) is 11.7 Å². The standard InChI is InChI=1S/C12H17N3OS/c1-9(16)15(3)8-10-5-4-6-11(7-10)14-12(17)13-2/h4-7H,8H2,1-3H3,(H2,13,14,17). The van der Waals surface area contributed by atoms with Crippen LogP contribution in [-0.4, -0.2) is 30.0 Å². The fourth-order valence-electron chi connectivity index (χ4n) is 1.33. The van der Waals surface area contributed by atoms with E-state index in [0.717, 1.165) is 11.3 Å². The largest absolute Gasteiger partial charge is 0.366 e. The van der Waals surface area contributed by atoms with Crippen LogP contribution in [0.1, 0.15) is 12.5 Å². The Hall–Kier alpha value is -1.62. The number of thiocarbonyl (C=S) groups is 1. The van der Waals surface area contributed by atoms with E-state index in [9.17, 15) is 4.79 Å². The molecule has 0 bridgehead atoms. The van der Waals surface area contributed by atoms with Crippen LogP contribution in [0, 0.1) is 0 Å². The molecule has 5 heteroatoms. The molecule has 4 nitrogen and oxygen atoms in total. The zero-order chi connectivity index (χ0) is 12.8. The molecule has 0 aromatic heterocycles. The normalized spacial score (nSPS) is 9.59. The number of hydrogen-bond acceptors (Lipinski definition) is 2. The lowest BCUT2D eigenvalue weighted by molar-refractivity contribution is -0.128. The highest BCUT2D eigenvalue weighted by Gasteiger charge is 2.04. The number of nitrogens with one attached hydrogen (secondary N) is 2. The van der Waals surface area contributed by atoms with Crippen molar-refractivity contribution in [1.29, 1.82) is 0 Å². The molecule has 1 amide bonds. The lowest BCUT2D eigenvalue weighted by Crippen LogP contribution is -2.25. The second-order valence-corrected chi connectivity index (χ2v) is 4.19. The molecule has 0 aliphatic rings. The molecule has 0 heterocycles. The average molecular weight is 251 g/mol. The summed E-state index contributed by atoms with van der Waals surface area (Å²) < 4.78 is 0. The third kappa shape index (κ3) is 4.40. The third-order valence-corrected chi connectivity index (χ3v) is 2.68. The Morgan fingerprint density at radius 2 is 2.18 bits per heavy atom. The molecular weight excluding hydrogens is 234 g/mol. The van der Waals surface area contributed by atoms with Crippen LogP contribution in [0.2, 0.25) is 0 Å². The van der Waals surface area contributed by atoms with Crippen molar-refractivity contribution in [2.24, 2.45) is 0 Å². The van der Waals surface area contributed by atoms with E-state index >= 15 is 0 Å². The van der Waals surface area contributed by atoms with E-state index in [2.05, 4.69) is 10.6 Å². The number of carbonyl (C=O) groups is 1. The SMILES string of the molecule is CNC(=S)Nc1cccc(CN(C)C(C)=O)c1. The minimum atomic E-state index is 0.0501. The number of nitrogens with zero attached hydrogens (tertiary/aromatic N) is 1. The first-order valence-corrected chi connectivity index (χ1v) is 5.73. The topological polar surface area (TPSA) is 44.4 Å². The number of hydrogen-bond donors (Lipinski definition) is 2. The first kappa shape index (κ1) is 13.4. The number of carbonyl (C=O) groups excluding carboxylic acids is 1. The summed E-state index contributed by atoms with van der Waals surface area (Å²) in [6.07, 6.45) is 0. The van der Waals surface area contributed by atoms with Crippen molar-refractivity contribution < 1.29 is 4.79 Å². The highest BCUT2D eigenvalue weighted by molar-refractivity contribution is 7.80. The molecule has 0 saturated carbocycles. The van der Waals surface area contributed by atoms with Crippen molar-refractivity contribution in [3.8, 4) is 0 Å². The van der Waals surface area contributed by atoms with Gasteiger partial charge in [-0.25, -0.2) is 0 Å². The summed E-state index contributed by atoms with van der Waals surface area (Å²) in [5.41, 5.74) is 1.98. The van der Waals surface area contributed by atoms with Gasteiger partial charge in [0.25, 0.3) is 0 Å². The van der Waals surface area contributed by atoms with Crippen LogP contribution in [-0.2, 0) is 11.3 Å². The molecule has 0 spiro atoms. The minimum Gasteiger partial charge on any atom is -0.366 e. The number of amides is 1. The van der Waals surface area contributed by atoms with Gasteiger partial charge in [0.2, 0.25) is 5.91 Å². The maximum absolute atomic E-state index is 11.1. The van der Waals surface area contributed by atoms with Crippen molar-refractivity contribution in [2.75, 3.05) is 19.4 Å². The van der Waals surface area contributed by atoms with E-state index in [1.165, 1.54) is 0 Å². The number of rotatable bonds is 3. The lowest BCUT2D eigenvalue weighted by Gasteiger charge is -2.15. The molecule has 0 aliphatic carbocycles. The first-order valence-electron chi connectivity index (χ1n) is 5.32. The Labute approximate surface area is 107 Å². The smallest absolute Gasteiger partial charge is 0.219 e. The van der Waals surface area contributed by atoms with E-state index in [1.54, 1.807) is 25.9 Å². The van der Waals surface area contributed by atoms with Crippen LogP contribution in [0.5, 0.6) is 0 Å². The Bertz CT molecular complexity index is 420. The summed E-state index contributed by atoms with van der Waals surface area (Å²) in [5, 5.41) is 6.47. The predicted molar refractivity (Wildman–Crippen MR) is 73.9 cm³/mol. The Balaban J connectivity index is 2.72. The maximum Gasteiger partial charge on any atom is 0.219 e. The van der Waals surface area contributed by atoms with Gasteiger partial charge in [0.1, 0.15) is 0 Å². The van der Waals surface area contributed by atoms with E-state index in [4.69, 9.17) is 12.2 Å². The average Bonchev–Trinajstić information content (AvgIpc) is 2.29. The van der Waals surface area contributed by atoms with Gasteiger partial charge < -0.3 is 15.5 Å². The van der Waals surface area contributed by atoms with E-state index in [-0.39, 0.29) is 5.91 Å². The molecule has 0 unspecified atom stereocenters. The van der Waals surface area contributed by atoms with Crippen LogP contribution in [0.3, 0.4) is 0 Å². The monoisotopic (exact) mass is 251 g/mol. The highest BCUT2D eigenvalue weighted by atomic mass is 32.1. The number of anilines is 1. The zero-order valence-electron chi connectivity index (χ0n) is 10.3. The first-order chi connectivity index (χ1) is 8.02. The second-order valence-electron chi connectivity index (χ2n) is 3.78. The van der Waals surface area contributed by atoms with E-state index < -0.39 is 0 Å². The summed E-state index contributed by atoms with van der Waals surface area (Å²) in [5.74, 6) is 0.0501. The molecular formula is C12H17N3OS. The fourth-order valence-corrected chi connectivity index (χ4v) is 1.44. The van der Waals surface area contributed by atoms with Crippen molar-refractivity contribution in [3.05, 3.63) is 29.8 Å². The van der Waals surface area contributed by atoms with E-state index in [1.807, 2.05) is 24.3 Å². The van der Waals surface area contributed by atoms with Gasteiger partial charge in [0.15, 0.2) is 5.11 Å². The van der Waals surface area contributed by atoms with Gasteiger partial charge in [-0.2, -0.15) is 0 Å².